The van der Waals surface area contributed by atoms with Crippen LogP contribution in [0.2, 0.25) is 5.02 Å². The number of nitriles is 1. The van der Waals surface area contributed by atoms with E-state index in [-0.39, 0.29) is 12.3 Å². The van der Waals surface area contributed by atoms with E-state index in [9.17, 15) is 10.1 Å². The molecule has 6 heteroatoms. The van der Waals surface area contributed by atoms with Crippen LogP contribution >= 0.6 is 11.6 Å². The first kappa shape index (κ1) is 20.9. The fourth-order valence-electron chi connectivity index (χ4n) is 2.94. The zero-order chi connectivity index (χ0) is 21.5. The molecule has 1 N–H and O–H groups in total. The molecule has 3 aromatic rings. The van der Waals surface area contributed by atoms with Crippen molar-refractivity contribution in [2.24, 2.45) is 0 Å². The summed E-state index contributed by atoms with van der Waals surface area (Å²) in [5.74, 6) is 0.805. The largest absolute Gasteiger partial charge is 0.458 e. The third-order valence-electron chi connectivity index (χ3n) is 4.40. The van der Waals surface area contributed by atoms with Crippen molar-refractivity contribution < 1.29 is 9.53 Å². The van der Waals surface area contributed by atoms with Gasteiger partial charge in [0, 0.05) is 5.56 Å². The van der Waals surface area contributed by atoms with Gasteiger partial charge >= 0.3 is 0 Å². The molecule has 3 aromatic carbocycles. The summed E-state index contributed by atoms with van der Waals surface area (Å²) >= 11 is 6.10. The lowest BCUT2D eigenvalue weighted by molar-refractivity contribution is -0.115. The maximum Gasteiger partial charge on any atom is 0.228 e. The number of aryl methyl sites for hydroxylation is 1. The highest BCUT2D eigenvalue weighted by Gasteiger charge is 2.11. The van der Waals surface area contributed by atoms with Gasteiger partial charge in [-0.1, -0.05) is 42.8 Å². The van der Waals surface area contributed by atoms with Crippen molar-refractivity contribution in [3.63, 3.8) is 0 Å². The van der Waals surface area contributed by atoms with Crippen LogP contribution in [0.3, 0.4) is 0 Å². The molecule has 0 aliphatic carbocycles. The summed E-state index contributed by atoms with van der Waals surface area (Å²) in [6, 6.07) is 19.4. The number of benzene rings is 3. The van der Waals surface area contributed by atoms with E-state index in [2.05, 4.69) is 10.2 Å². The molecule has 0 bridgehead atoms. The molecule has 0 heterocycles. The van der Waals surface area contributed by atoms with Gasteiger partial charge < -0.3 is 10.1 Å². The molecule has 3 rings (SSSR count). The molecule has 148 valence electrons. The van der Waals surface area contributed by atoms with Gasteiger partial charge in [0.2, 0.25) is 5.91 Å². The average Bonchev–Trinajstić information content (AvgIpc) is 2.75. The number of amides is 1. The van der Waals surface area contributed by atoms with Crippen LogP contribution in [-0.2, 0) is 17.6 Å². The maximum atomic E-state index is 12.4. The van der Waals surface area contributed by atoms with Crippen LogP contribution in [0.25, 0.3) is 4.85 Å². The van der Waals surface area contributed by atoms with Gasteiger partial charge in [-0.15, -0.1) is 0 Å². The molecule has 0 aliphatic heterocycles. The SMILES string of the molecule is [C-]#[N+]c1cc(C#N)cc(Oc2cc(CC(=O)Nc3ccccc3Cl)ccc2CC)c1. The quantitative estimate of drug-likeness (QED) is 0.480. The lowest BCUT2D eigenvalue weighted by Crippen LogP contribution is -2.14. The van der Waals surface area contributed by atoms with E-state index in [0.717, 1.165) is 17.5 Å². The summed E-state index contributed by atoms with van der Waals surface area (Å²) in [6.45, 7) is 9.20. The molecule has 0 aromatic heterocycles. The number of halogens is 1. The van der Waals surface area contributed by atoms with Gasteiger partial charge in [-0.25, -0.2) is 4.85 Å². The zero-order valence-corrected chi connectivity index (χ0v) is 17.0. The summed E-state index contributed by atoms with van der Waals surface area (Å²) in [5, 5.41) is 12.5. The van der Waals surface area contributed by atoms with Gasteiger partial charge in [0.15, 0.2) is 5.69 Å². The van der Waals surface area contributed by atoms with Crippen LogP contribution < -0.4 is 10.1 Å². The van der Waals surface area contributed by atoms with Gasteiger partial charge in [-0.2, -0.15) is 5.26 Å². The van der Waals surface area contributed by atoms with Crippen molar-refractivity contribution in [3.8, 4) is 17.6 Å². The van der Waals surface area contributed by atoms with Crippen molar-refractivity contribution in [1.82, 2.24) is 0 Å². The number of hydrogen-bond donors (Lipinski definition) is 1. The summed E-state index contributed by atoms with van der Waals surface area (Å²) in [4.78, 5) is 15.8. The third-order valence-corrected chi connectivity index (χ3v) is 4.73. The third kappa shape index (κ3) is 5.17. The summed E-state index contributed by atoms with van der Waals surface area (Å²) in [7, 11) is 0. The Morgan fingerprint density at radius 3 is 2.70 bits per heavy atom. The van der Waals surface area contributed by atoms with Gasteiger partial charge in [0.25, 0.3) is 0 Å². The first-order valence-corrected chi connectivity index (χ1v) is 9.67. The van der Waals surface area contributed by atoms with E-state index in [1.54, 1.807) is 36.4 Å². The van der Waals surface area contributed by atoms with E-state index >= 15 is 0 Å². The minimum absolute atomic E-state index is 0.150. The topological polar surface area (TPSA) is 66.5 Å². The number of nitrogens with zero attached hydrogens (tertiary/aromatic N) is 2. The molecule has 5 nitrogen and oxygen atoms in total. The Labute approximate surface area is 180 Å². The predicted octanol–water partition coefficient (Wildman–Crippen LogP) is 6.30. The van der Waals surface area contributed by atoms with Crippen molar-refractivity contribution in [2.75, 3.05) is 5.32 Å². The molecular formula is C24H18ClN3O2. The molecule has 0 saturated carbocycles. The van der Waals surface area contributed by atoms with Crippen LogP contribution in [0.5, 0.6) is 11.5 Å². The van der Waals surface area contributed by atoms with Crippen molar-refractivity contribution in [3.05, 3.63) is 93.8 Å². The molecule has 30 heavy (non-hydrogen) atoms. The minimum atomic E-state index is -0.194. The highest BCUT2D eigenvalue weighted by Crippen LogP contribution is 2.31. The van der Waals surface area contributed by atoms with E-state index in [1.807, 2.05) is 31.2 Å². The highest BCUT2D eigenvalue weighted by molar-refractivity contribution is 6.33. The molecule has 0 saturated heterocycles. The van der Waals surface area contributed by atoms with Crippen LogP contribution in [0.4, 0.5) is 11.4 Å². The minimum Gasteiger partial charge on any atom is -0.458 e. The van der Waals surface area contributed by atoms with Crippen LogP contribution in [-0.4, -0.2) is 5.91 Å². The fourth-order valence-corrected chi connectivity index (χ4v) is 3.12. The molecule has 0 unspecified atom stereocenters. The first-order valence-electron chi connectivity index (χ1n) is 9.29. The molecule has 0 atom stereocenters. The number of nitrogens with one attached hydrogen (secondary N) is 1. The number of para-hydroxylation sites is 1. The average molecular weight is 416 g/mol. The number of rotatable bonds is 6. The van der Waals surface area contributed by atoms with E-state index in [0.29, 0.717) is 33.5 Å². The standard InChI is InChI=1S/C24H18ClN3O2/c1-3-18-9-8-16(13-24(29)28-22-7-5-4-6-21(22)25)12-23(18)30-20-11-17(15-26)10-19(14-20)27-2/h4-12,14H,3,13H2,1H3,(H,28,29). The predicted molar refractivity (Wildman–Crippen MR) is 117 cm³/mol. The second-order valence-corrected chi connectivity index (χ2v) is 6.95. The van der Waals surface area contributed by atoms with Crippen molar-refractivity contribution in [2.45, 2.75) is 19.8 Å². The van der Waals surface area contributed by atoms with Gasteiger partial charge in [-0.3, -0.25) is 4.79 Å². The maximum absolute atomic E-state index is 12.4. The van der Waals surface area contributed by atoms with E-state index < -0.39 is 0 Å². The normalized spacial score (nSPS) is 10.0. The zero-order valence-electron chi connectivity index (χ0n) is 16.3. The number of carbonyl (C=O) groups excluding carboxylic acids is 1. The van der Waals surface area contributed by atoms with Gasteiger partial charge in [0.1, 0.15) is 11.5 Å². The number of hydrogen-bond acceptors (Lipinski definition) is 3. The fraction of sp³-hybridized carbons (Fsp3) is 0.125. The lowest BCUT2D eigenvalue weighted by atomic mass is 10.1. The summed E-state index contributed by atoms with van der Waals surface area (Å²) in [5.41, 5.74) is 2.97. The van der Waals surface area contributed by atoms with Crippen LogP contribution in [0.1, 0.15) is 23.6 Å². The van der Waals surface area contributed by atoms with Gasteiger partial charge in [0.05, 0.1) is 29.8 Å². The van der Waals surface area contributed by atoms with Crippen molar-refractivity contribution >= 4 is 28.9 Å². The van der Waals surface area contributed by atoms with E-state index in [1.165, 1.54) is 6.07 Å². The molecule has 1 amide bonds. The Morgan fingerprint density at radius 2 is 2.00 bits per heavy atom. The van der Waals surface area contributed by atoms with Crippen LogP contribution in [0.15, 0.2) is 60.7 Å². The Hall–Kier alpha value is -3.80. The van der Waals surface area contributed by atoms with Crippen molar-refractivity contribution in [1.29, 1.82) is 5.26 Å². The second-order valence-electron chi connectivity index (χ2n) is 6.54. The molecule has 0 spiro atoms. The first-order chi connectivity index (χ1) is 14.5. The second kappa shape index (κ2) is 9.60. The van der Waals surface area contributed by atoms with Gasteiger partial charge in [-0.05, 0) is 53.9 Å². The Kier molecular flexibility index (Phi) is 6.70. The monoisotopic (exact) mass is 415 g/mol. The molecule has 0 radical (unpaired) electrons. The molecular weight excluding hydrogens is 398 g/mol. The summed E-state index contributed by atoms with van der Waals surface area (Å²) < 4.78 is 6.00. The Bertz CT molecular complexity index is 1140. The Balaban J connectivity index is 1.82. The lowest BCUT2D eigenvalue weighted by Gasteiger charge is -2.13. The molecule has 0 aliphatic rings. The smallest absolute Gasteiger partial charge is 0.228 e. The number of anilines is 1. The molecule has 0 fully saturated rings. The van der Waals surface area contributed by atoms with Crippen LogP contribution in [0, 0.1) is 17.9 Å². The van der Waals surface area contributed by atoms with E-state index in [4.69, 9.17) is 22.9 Å². The Morgan fingerprint density at radius 1 is 1.20 bits per heavy atom. The number of carbonyl (C=O) groups is 1. The summed E-state index contributed by atoms with van der Waals surface area (Å²) in [6.07, 6.45) is 0.881. The number of ether oxygens (including phenoxy) is 1. The highest BCUT2D eigenvalue weighted by atomic mass is 35.5.